The van der Waals surface area contributed by atoms with Crippen LogP contribution >= 0.6 is 0 Å². The normalized spacial score (nSPS) is 25.9. The van der Waals surface area contributed by atoms with Crippen molar-refractivity contribution in [2.24, 2.45) is 0 Å². The molecule has 0 radical (unpaired) electrons. The molecule has 1 saturated carbocycles. The molecule has 0 aromatic heterocycles. The fraction of sp³-hybridized carbons (Fsp3) is 0.600. The smallest absolute Gasteiger partial charge is 0.0561 e. The van der Waals surface area contributed by atoms with E-state index < -0.39 is 10.8 Å². The number of aryl methyl sites for hydroxylation is 1. The molecule has 2 nitrogen and oxygen atoms in total. The number of hydrogen-bond acceptors (Lipinski definition) is 2. The molecule has 3 atom stereocenters. The quantitative estimate of drug-likeness (QED) is 0.906. The highest BCUT2D eigenvalue weighted by Crippen LogP contribution is 2.26. The Hall–Kier alpha value is -0.670. The molecule has 0 spiro atoms. The van der Waals surface area contributed by atoms with Gasteiger partial charge >= 0.3 is 0 Å². The lowest BCUT2D eigenvalue weighted by molar-refractivity contribution is 0.383. The highest BCUT2D eigenvalue weighted by Gasteiger charge is 2.26. The first-order valence-electron chi connectivity index (χ1n) is 6.91. The second kappa shape index (κ2) is 6.48. The molecule has 18 heavy (non-hydrogen) atoms. The molecule has 1 N–H and O–H groups in total. The Morgan fingerprint density at radius 1 is 1.28 bits per heavy atom. The molecule has 1 fully saturated rings. The van der Waals surface area contributed by atoms with Crippen LogP contribution in [-0.2, 0) is 10.8 Å². The van der Waals surface area contributed by atoms with E-state index in [1.165, 1.54) is 18.4 Å². The van der Waals surface area contributed by atoms with E-state index in [1.54, 1.807) is 0 Å². The van der Waals surface area contributed by atoms with Gasteiger partial charge in [0.15, 0.2) is 0 Å². The molecule has 0 amide bonds. The Labute approximate surface area is 113 Å². The Balaban J connectivity index is 2.02. The summed E-state index contributed by atoms with van der Waals surface area (Å²) in [7, 11) is -0.842. The molecule has 1 aliphatic carbocycles. The van der Waals surface area contributed by atoms with Crippen LogP contribution in [0, 0.1) is 6.92 Å². The van der Waals surface area contributed by atoms with Crippen LogP contribution in [0.5, 0.6) is 0 Å². The molecule has 3 heteroatoms. The molecule has 0 saturated heterocycles. The number of benzene rings is 1. The van der Waals surface area contributed by atoms with Crippen molar-refractivity contribution in [1.29, 1.82) is 0 Å². The monoisotopic (exact) mass is 265 g/mol. The molecule has 0 bridgehead atoms. The fourth-order valence-electron chi connectivity index (χ4n) is 2.68. The van der Waals surface area contributed by atoms with E-state index in [2.05, 4.69) is 31.3 Å². The van der Waals surface area contributed by atoms with E-state index in [-0.39, 0.29) is 0 Å². The predicted molar refractivity (Wildman–Crippen MR) is 77.3 cm³/mol. The Morgan fingerprint density at radius 2 is 2.00 bits per heavy atom. The topological polar surface area (TPSA) is 29.1 Å². The predicted octanol–water partition coefficient (Wildman–Crippen LogP) is 3.02. The minimum absolute atomic E-state index is 0.325. The maximum absolute atomic E-state index is 12.5. The van der Waals surface area contributed by atoms with Crippen molar-refractivity contribution in [2.45, 2.75) is 55.7 Å². The number of hydrogen-bond donors (Lipinski definition) is 1. The van der Waals surface area contributed by atoms with Gasteiger partial charge in [-0.25, -0.2) is 0 Å². The van der Waals surface area contributed by atoms with Crippen LogP contribution in [0.1, 0.15) is 38.2 Å². The van der Waals surface area contributed by atoms with Crippen LogP contribution < -0.4 is 5.32 Å². The van der Waals surface area contributed by atoms with Crippen molar-refractivity contribution in [1.82, 2.24) is 5.32 Å². The van der Waals surface area contributed by atoms with Gasteiger partial charge in [-0.3, -0.25) is 4.21 Å². The molecule has 0 heterocycles. The molecule has 2 rings (SSSR count). The van der Waals surface area contributed by atoms with Crippen LogP contribution in [0.4, 0.5) is 0 Å². The molecule has 3 unspecified atom stereocenters. The van der Waals surface area contributed by atoms with Gasteiger partial charge in [0.1, 0.15) is 0 Å². The average Bonchev–Trinajstić information content (AvgIpc) is 2.39. The summed E-state index contributed by atoms with van der Waals surface area (Å²) in [5.74, 6) is 0. The second-order valence-electron chi connectivity index (χ2n) is 5.15. The third kappa shape index (κ3) is 3.42. The van der Waals surface area contributed by atoms with Gasteiger partial charge in [0.25, 0.3) is 0 Å². The lowest BCUT2D eigenvalue weighted by Gasteiger charge is -2.29. The molecule has 1 aromatic carbocycles. The largest absolute Gasteiger partial charge is 0.314 e. The van der Waals surface area contributed by atoms with Crippen molar-refractivity contribution in [3.63, 3.8) is 0 Å². The van der Waals surface area contributed by atoms with Crippen molar-refractivity contribution >= 4 is 10.8 Å². The third-order valence-electron chi connectivity index (χ3n) is 3.67. The van der Waals surface area contributed by atoms with Crippen LogP contribution in [0.2, 0.25) is 0 Å². The van der Waals surface area contributed by atoms with Crippen molar-refractivity contribution in [3.05, 3.63) is 29.8 Å². The van der Waals surface area contributed by atoms with Crippen LogP contribution in [0.15, 0.2) is 29.2 Å². The Bertz CT molecular complexity index is 399. The van der Waals surface area contributed by atoms with Gasteiger partial charge in [0.05, 0.1) is 10.8 Å². The van der Waals surface area contributed by atoms with E-state index >= 15 is 0 Å². The van der Waals surface area contributed by atoms with E-state index in [4.69, 9.17) is 0 Å². The summed E-state index contributed by atoms with van der Waals surface area (Å²) in [6.07, 6.45) is 4.58. The second-order valence-corrected chi connectivity index (χ2v) is 6.89. The van der Waals surface area contributed by atoms with Gasteiger partial charge in [-0.05, 0) is 44.9 Å². The summed E-state index contributed by atoms with van der Waals surface area (Å²) in [6, 6.07) is 8.70. The van der Waals surface area contributed by atoms with Crippen molar-refractivity contribution in [3.8, 4) is 0 Å². The first-order chi connectivity index (χ1) is 8.70. The summed E-state index contributed by atoms with van der Waals surface area (Å²) in [5.41, 5.74) is 1.23. The highest BCUT2D eigenvalue weighted by molar-refractivity contribution is 7.85. The molecule has 100 valence electrons. The molecular weight excluding hydrogens is 242 g/mol. The lowest BCUT2D eigenvalue weighted by Crippen LogP contribution is -2.37. The molecule has 1 aliphatic rings. The maximum Gasteiger partial charge on any atom is 0.0561 e. The number of rotatable bonds is 4. The van der Waals surface area contributed by atoms with Gasteiger partial charge in [-0.15, -0.1) is 0 Å². The van der Waals surface area contributed by atoms with E-state index in [0.29, 0.717) is 11.3 Å². The van der Waals surface area contributed by atoms with E-state index in [0.717, 1.165) is 24.3 Å². The zero-order chi connectivity index (χ0) is 13.0. The molecule has 0 aliphatic heterocycles. The van der Waals surface area contributed by atoms with Gasteiger partial charge in [-0.2, -0.15) is 0 Å². The number of nitrogens with one attached hydrogen (secondary N) is 1. The SMILES string of the molecule is CCNC1CCCC(S(=O)c2ccc(C)cc2)C1. The van der Waals surface area contributed by atoms with Crippen LogP contribution in [-0.4, -0.2) is 22.0 Å². The van der Waals surface area contributed by atoms with Gasteiger partial charge in [0, 0.05) is 16.2 Å². The van der Waals surface area contributed by atoms with E-state index in [1.807, 2.05) is 12.1 Å². The fourth-order valence-corrected chi connectivity index (χ4v) is 4.26. The zero-order valence-electron chi connectivity index (χ0n) is 11.3. The summed E-state index contributed by atoms with van der Waals surface area (Å²) in [6.45, 7) is 5.21. The summed E-state index contributed by atoms with van der Waals surface area (Å²) < 4.78 is 12.5. The van der Waals surface area contributed by atoms with Gasteiger partial charge in [0.2, 0.25) is 0 Å². The van der Waals surface area contributed by atoms with Crippen molar-refractivity contribution in [2.75, 3.05) is 6.54 Å². The van der Waals surface area contributed by atoms with E-state index in [9.17, 15) is 4.21 Å². The standard InChI is InChI=1S/C15H23NOS/c1-3-16-13-5-4-6-15(11-13)18(17)14-9-7-12(2)8-10-14/h7-10,13,15-16H,3-6,11H2,1-2H3. The van der Waals surface area contributed by atoms with Crippen LogP contribution in [0.3, 0.4) is 0 Å². The van der Waals surface area contributed by atoms with Crippen LogP contribution in [0.25, 0.3) is 0 Å². The minimum atomic E-state index is -0.842. The van der Waals surface area contributed by atoms with Crippen molar-refractivity contribution < 1.29 is 4.21 Å². The Morgan fingerprint density at radius 3 is 2.67 bits per heavy atom. The zero-order valence-corrected chi connectivity index (χ0v) is 12.1. The third-order valence-corrected chi connectivity index (χ3v) is 5.45. The minimum Gasteiger partial charge on any atom is -0.314 e. The van der Waals surface area contributed by atoms with Gasteiger partial charge < -0.3 is 5.32 Å². The summed E-state index contributed by atoms with van der Waals surface area (Å²) in [5, 5.41) is 3.82. The maximum atomic E-state index is 12.5. The summed E-state index contributed by atoms with van der Waals surface area (Å²) in [4.78, 5) is 0.989. The van der Waals surface area contributed by atoms with Gasteiger partial charge in [-0.1, -0.05) is 31.0 Å². The lowest BCUT2D eigenvalue weighted by atomic mass is 9.95. The molecule has 1 aromatic rings. The molecular formula is C15H23NOS. The Kier molecular flexibility index (Phi) is 4.95. The first kappa shape index (κ1) is 13.8. The summed E-state index contributed by atoms with van der Waals surface area (Å²) >= 11 is 0. The average molecular weight is 265 g/mol. The first-order valence-corrected chi connectivity index (χ1v) is 8.12. The highest BCUT2D eigenvalue weighted by atomic mass is 32.2.